The van der Waals surface area contributed by atoms with E-state index in [2.05, 4.69) is 9.97 Å². The molecule has 2 heterocycles. The number of aromatic nitrogens is 2. The summed E-state index contributed by atoms with van der Waals surface area (Å²) in [6, 6.07) is 15.2. The minimum atomic E-state index is -0.701. The Bertz CT molecular complexity index is 908. The zero-order valence-corrected chi connectivity index (χ0v) is 14.4. The monoisotopic (exact) mass is 349 g/mol. The van der Waals surface area contributed by atoms with Crippen molar-refractivity contribution in [2.45, 2.75) is 19.6 Å². The third-order valence-corrected chi connectivity index (χ3v) is 4.34. The van der Waals surface area contributed by atoms with Gasteiger partial charge in [-0.15, -0.1) is 0 Å². The quantitative estimate of drug-likeness (QED) is 0.786. The molecule has 4 rings (SSSR count). The maximum atomic E-state index is 13.3. The predicted octanol–water partition coefficient (Wildman–Crippen LogP) is 3.09. The second-order valence-electron chi connectivity index (χ2n) is 6.15. The number of nitrogens with one attached hydrogen (secondary N) is 1. The smallest absolute Gasteiger partial charge is 0.272 e. The summed E-state index contributed by atoms with van der Waals surface area (Å²) in [4.78, 5) is 22.1. The number of carbonyl (C=O) groups is 1. The lowest BCUT2D eigenvalue weighted by molar-refractivity contribution is -0.127. The van der Waals surface area contributed by atoms with Crippen molar-refractivity contribution in [1.82, 2.24) is 9.97 Å². The van der Waals surface area contributed by atoms with Crippen LogP contribution in [0.5, 0.6) is 11.5 Å². The molecule has 2 aromatic carbocycles. The number of amides is 1. The molecule has 1 aromatic heterocycles. The van der Waals surface area contributed by atoms with Crippen molar-refractivity contribution in [2.75, 3.05) is 11.5 Å². The van der Waals surface area contributed by atoms with Crippen LogP contribution in [0.15, 0.2) is 61.1 Å². The Balaban J connectivity index is 1.63. The van der Waals surface area contributed by atoms with Gasteiger partial charge in [0, 0.05) is 11.9 Å². The number of nitrogens with zero attached hydrogens (tertiary/aromatic N) is 2. The topological polar surface area (TPSA) is 67.5 Å². The molecule has 0 fully saturated rings. The van der Waals surface area contributed by atoms with E-state index in [1.54, 1.807) is 17.4 Å². The summed E-state index contributed by atoms with van der Waals surface area (Å²) in [6.07, 6.45) is 2.62. The zero-order valence-electron chi connectivity index (χ0n) is 14.4. The molecule has 132 valence electrons. The van der Waals surface area contributed by atoms with Gasteiger partial charge in [-0.1, -0.05) is 30.3 Å². The standard InChI is InChI=1S/C20H19N3O3/c1-14-6-2-3-7-16(14)23(11-15-10-21-13-22-15)20(24)19-12-25-17-8-4-5-9-18(17)26-19/h2-10,13,19H,11-12H2,1H3,(H,21,22). The molecule has 1 aliphatic rings. The van der Waals surface area contributed by atoms with Crippen LogP contribution in [0.3, 0.4) is 0 Å². The van der Waals surface area contributed by atoms with Crippen LogP contribution in [0.4, 0.5) is 5.69 Å². The molecule has 6 heteroatoms. The highest BCUT2D eigenvalue weighted by Gasteiger charge is 2.32. The summed E-state index contributed by atoms with van der Waals surface area (Å²) in [6.45, 7) is 2.54. The van der Waals surface area contributed by atoms with E-state index in [-0.39, 0.29) is 12.5 Å². The van der Waals surface area contributed by atoms with Crippen molar-refractivity contribution in [2.24, 2.45) is 0 Å². The molecule has 0 radical (unpaired) electrons. The number of para-hydroxylation sites is 3. The summed E-state index contributed by atoms with van der Waals surface area (Å²) in [7, 11) is 0. The van der Waals surface area contributed by atoms with Crippen LogP contribution in [0, 0.1) is 6.92 Å². The molecule has 3 aromatic rings. The van der Waals surface area contributed by atoms with Crippen molar-refractivity contribution in [3.63, 3.8) is 0 Å². The van der Waals surface area contributed by atoms with Gasteiger partial charge in [0.15, 0.2) is 11.5 Å². The first-order valence-electron chi connectivity index (χ1n) is 8.45. The number of carbonyl (C=O) groups excluding carboxylic acids is 1. The minimum absolute atomic E-state index is 0.150. The van der Waals surface area contributed by atoms with Crippen LogP contribution in [0.1, 0.15) is 11.3 Å². The van der Waals surface area contributed by atoms with Gasteiger partial charge in [-0.25, -0.2) is 4.98 Å². The first-order chi connectivity index (χ1) is 12.7. The Morgan fingerprint density at radius 3 is 2.73 bits per heavy atom. The molecule has 1 atom stereocenters. The Kier molecular flexibility index (Phi) is 4.31. The molecule has 0 aliphatic carbocycles. The van der Waals surface area contributed by atoms with Gasteiger partial charge in [-0.2, -0.15) is 0 Å². The van der Waals surface area contributed by atoms with Crippen molar-refractivity contribution in [3.05, 3.63) is 72.3 Å². The number of fused-ring (bicyclic) bond motifs is 1. The van der Waals surface area contributed by atoms with E-state index >= 15 is 0 Å². The van der Waals surface area contributed by atoms with Crippen molar-refractivity contribution in [3.8, 4) is 11.5 Å². The van der Waals surface area contributed by atoms with Crippen molar-refractivity contribution >= 4 is 11.6 Å². The third-order valence-electron chi connectivity index (χ3n) is 4.34. The Morgan fingerprint density at radius 1 is 1.19 bits per heavy atom. The number of aromatic amines is 1. The number of anilines is 1. The van der Waals surface area contributed by atoms with Crippen LogP contribution in [-0.4, -0.2) is 28.6 Å². The van der Waals surface area contributed by atoms with Gasteiger partial charge in [-0.3, -0.25) is 4.79 Å². The van der Waals surface area contributed by atoms with Gasteiger partial charge >= 0.3 is 0 Å². The number of hydrogen-bond acceptors (Lipinski definition) is 4. The van der Waals surface area contributed by atoms with Crippen LogP contribution < -0.4 is 14.4 Å². The van der Waals surface area contributed by atoms with Crippen LogP contribution in [-0.2, 0) is 11.3 Å². The normalized spacial score (nSPS) is 15.5. The first kappa shape index (κ1) is 16.2. The van der Waals surface area contributed by atoms with Crippen LogP contribution >= 0.6 is 0 Å². The highest BCUT2D eigenvalue weighted by Crippen LogP contribution is 2.32. The van der Waals surface area contributed by atoms with Crippen molar-refractivity contribution < 1.29 is 14.3 Å². The van der Waals surface area contributed by atoms with Gasteiger partial charge < -0.3 is 19.4 Å². The molecule has 1 unspecified atom stereocenters. The van der Waals surface area contributed by atoms with E-state index in [0.29, 0.717) is 18.0 Å². The number of rotatable bonds is 4. The largest absolute Gasteiger partial charge is 0.485 e. The van der Waals surface area contributed by atoms with Gasteiger partial charge in [0.1, 0.15) is 6.61 Å². The number of hydrogen-bond donors (Lipinski definition) is 1. The van der Waals surface area contributed by atoms with E-state index < -0.39 is 6.10 Å². The van der Waals surface area contributed by atoms with E-state index in [4.69, 9.17) is 9.47 Å². The van der Waals surface area contributed by atoms with E-state index in [1.807, 2.05) is 55.5 Å². The van der Waals surface area contributed by atoms with Gasteiger partial charge in [0.05, 0.1) is 18.6 Å². The summed E-state index contributed by atoms with van der Waals surface area (Å²) in [5.41, 5.74) is 2.70. The lowest BCUT2D eigenvalue weighted by atomic mass is 10.1. The maximum absolute atomic E-state index is 13.3. The van der Waals surface area contributed by atoms with E-state index in [0.717, 1.165) is 16.9 Å². The predicted molar refractivity (Wildman–Crippen MR) is 97.3 cm³/mol. The fourth-order valence-electron chi connectivity index (χ4n) is 3.00. The Hall–Kier alpha value is -3.28. The lowest BCUT2D eigenvalue weighted by Gasteiger charge is -2.31. The molecular weight excluding hydrogens is 330 g/mol. The van der Waals surface area contributed by atoms with Crippen molar-refractivity contribution in [1.29, 1.82) is 0 Å². The molecule has 1 amide bonds. The number of aryl methyl sites for hydroxylation is 1. The molecule has 1 N–H and O–H groups in total. The lowest BCUT2D eigenvalue weighted by Crippen LogP contribution is -2.46. The molecule has 0 saturated heterocycles. The molecule has 0 bridgehead atoms. The van der Waals surface area contributed by atoms with Crippen LogP contribution in [0.25, 0.3) is 0 Å². The molecule has 6 nitrogen and oxygen atoms in total. The highest BCUT2D eigenvalue weighted by molar-refractivity contribution is 5.97. The molecule has 1 aliphatic heterocycles. The summed E-state index contributed by atoms with van der Waals surface area (Å²) < 4.78 is 11.6. The average molecular weight is 349 g/mol. The molecule has 0 spiro atoms. The SMILES string of the molecule is Cc1ccccc1N(Cc1cnc[nH]1)C(=O)C1COc2ccccc2O1. The Labute approximate surface area is 151 Å². The van der Waals surface area contributed by atoms with Gasteiger partial charge in [-0.05, 0) is 30.7 Å². The molecular formula is C20H19N3O3. The fourth-order valence-corrected chi connectivity index (χ4v) is 3.00. The zero-order chi connectivity index (χ0) is 17.9. The number of benzene rings is 2. The minimum Gasteiger partial charge on any atom is -0.485 e. The van der Waals surface area contributed by atoms with E-state index in [9.17, 15) is 4.79 Å². The molecule has 0 saturated carbocycles. The number of H-pyrrole nitrogens is 1. The average Bonchev–Trinajstić information content (AvgIpc) is 3.19. The second-order valence-corrected chi connectivity index (χ2v) is 6.15. The first-order valence-corrected chi connectivity index (χ1v) is 8.45. The summed E-state index contributed by atoms with van der Waals surface area (Å²) >= 11 is 0. The van der Waals surface area contributed by atoms with Gasteiger partial charge in [0.25, 0.3) is 5.91 Å². The maximum Gasteiger partial charge on any atom is 0.272 e. The third kappa shape index (κ3) is 3.13. The van der Waals surface area contributed by atoms with E-state index in [1.165, 1.54) is 0 Å². The fraction of sp³-hybridized carbons (Fsp3) is 0.200. The summed E-state index contributed by atoms with van der Waals surface area (Å²) in [5, 5.41) is 0. The highest BCUT2D eigenvalue weighted by atomic mass is 16.6. The summed E-state index contributed by atoms with van der Waals surface area (Å²) in [5.74, 6) is 1.10. The van der Waals surface area contributed by atoms with Crippen LogP contribution in [0.2, 0.25) is 0 Å². The molecule has 26 heavy (non-hydrogen) atoms. The van der Waals surface area contributed by atoms with Gasteiger partial charge in [0.2, 0.25) is 6.10 Å². The second kappa shape index (κ2) is 6.92. The Morgan fingerprint density at radius 2 is 1.96 bits per heavy atom. The number of ether oxygens (including phenoxy) is 2. The number of imidazole rings is 1.